The zero-order valence-corrected chi connectivity index (χ0v) is 13.6. The summed E-state index contributed by atoms with van der Waals surface area (Å²) in [6.45, 7) is 5.42. The van der Waals surface area contributed by atoms with E-state index in [0.717, 1.165) is 18.7 Å². The van der Waals surface area contributed by atoms with E-state index in [1.54, 1.807) is 11.3 Å². The van der Waals surface area contributed by atoms with Crippen molar-refractivity contribution < 1.29 is 4.74 Å². The highest BCUT2D eigenvalue weighted by molar-refractivity contribution is 7.08. The maximum atomic E-state index is 5.94. The van der Waals surface area contributed by atoms with Crippen LogP contribution in [0.2, 0.25) is 0 Å². The number of benzene rings is 1. The third-order valence-electron chi connectivity index (χ3n) is 3.82. The maximum Gasteiger partial charge on any atom is 0.120 e. The second-order valence-corrected chi connectivity index (χ2v) is 6.53. The molecule has 0 radical (unpaired) electrons. The second kappa shape index (κ2) is 6.63. The molecule has 0 spiro atoms. The van der Waals surface area contributed by atoms with Gasteiger partial charge < -0.3 is 10.1 Å². The van der Waals surface area contributed by atoms with E-state index < -0.39 is 0 Å². The van der Waals surface area contributed by atoms with Crippen molar-refractivity contribution in [3.63, 3.8) is 0 Å². The molecular formula is C18H23NOS. The van der Waals surface area contributed by atoms with Crippen LogP contribution < -0.4 is 10.1 Å². The number of thiophene rings is 1. The van der Waals surface area contributed by atoms with Crippen molar-refractivity contribution in [3.05, 3.63) is 51.7 Å². The zero-order chi connectivity index (χ0) is 14.7. The lowest BCUT2D eigenvalue weighted by Crippen LogP contribution is -2.23. The molecule has 1 N–H and O–H groups in total. The fraction of sp³-hybridized carbons (Fsp3) is 0.444. The summed E-state index contributed by atoms with van der Waals surface area (Å²) in [5, 5.41) is 8.16. The van der Waals surface area contributed by atoms with Gasteiger partial charge in [-0.25, -0.2) is 0 Å². The van der Waals surface area contributed by atoms with E-state index in [0.29, 0.717) is 6.10 Å². The Labute approximate surface area is 131 Å². The highest BCUT2D eigenvalue weighted by Crippen LogP contribution is 2.32. The topological polar surface area (TPSA) is 21.3 Å². The second-order valence-electron chi connectivity index (χ2n) is 5.79. The number of aryl methyl sites for hydroxylation is 1. The summed E-state index contributed by atoms with van der Waals surface area (Å²) < 4.78 is 5.94. The molecule has 0 saturated heterocycles. The Morgan fingerprint density at radius 3 is 2.86 bits per heavy atom. The van der Waals surface area contributed by atoms with Gasteiger partial charge in [0.25, 0.3) is 0 Å². The highest BCUT2D eigenvalue weighted by atomic mass is 32.1. The predicted octanol–water partition coefficient (Wildman–Crippen LogP) is 4.69. The monoisotopic (exact) mass is 301 g/mol. The first-order valence-corrected chi connectivity index (χ1v) is 8.75. The lowest BCUT2D eigenvalue weighted by molar-refractivity contribution is 0.302. The average molecular weight is 301 g/mol. The molecule has 1 aromatic heterocycles. The summed E-state index contributed by atoms with van der Waals surface area (Å²) in [5.41, 5.74) is 4.04. The van der Waals surface area contributed by atoms with E-state index in [9.17, 15) is 0 Å². The Kier molecular flexibility index (Phi) is 4.61. The van der Waals surface area contributed by atoms with Crippen LogP contribution in [0.4, 0.5) is 0 Å². The SMILES string of the molecule is CCCNC(c1cccc(OC2CC2)c1)c1cscc1C. The lowest BCUT2D eigenvalue weighted by atomic mass is 9.98. The summed E-state index contributed by atoms with van der Waals surface area (Å²) in [4.78, 5) is 0. The smallest absolute Gasteiger partial charge is 0.120 e. The molecule has 2 aromatic rings. The van der Waals surface area contributed by atoms with Crippen LogP contribution in [0.3, 0.4) is 0 Å². The quantitative estimate of drug-likeness (QED) is 0.801. The number of hydrogen-bond acceptors (Lipinski definition) is 3. The molecule has 1 saturated carbocycles. The molecule has 1 atom stereocenters. The van der Waals surface area contributed by atoms with Gasteiger partial charge in [-0.05, 0) is 72.3 Å². The third kappa shape index (κ3) is 3.66. The van der Waals surface area contributed by atoms with Crippen molar-refractivity contribution in [3.8, 4) is 5.75 Å². The van der Waals surface area contributed by atoms with Crippen molar-refractivity contribution >= 4 is 11.3 Å². The van der Waals surface area contributed by atoms with Gasteiger partial charge in [0.1, 0.15) is 5.75 Å². The van der Waals surface area contributed by atoms with E-state index in [1.807, 2.05) is 0 Å². The molecule has 3 rings (SSSR count). The third-order valence-corrected chi connectivity index (χ3v) is 4.70. The molecule has 1 aromatic carbocycles. The summed E-state index contributed by atoms with van der Waals surface area (Å²) in [6, 6.07) is 8.83. The molecule has 1 aliphatic carbocycles. The van der Waals surface area contributed by atoms with Crippen LogP contribution in [-0.2, 0) is 0 Å². The minimum Gasteiger partial charge on any atom is -0.490 e. The van der Waals surface area contributed by atoms with E-state index in [4.69, 9.17) is 4.74 Å². The molecule has 112 valence electrons. The first-order valence-electron chi connectivity index (χ1n) is 7.80. The zero-order valence-electron chi connectivity index (χ0n) is 12.8. The number of rotatable bonds is 7. The van der Waals surface area contributed by atoms with E-state index in [2.05, 4.69) is 54.2 Å². The van der Waals surface area contributed by atoms with Crippen molar-refractivity contribution in [2.45, 2.75) is 45.3 Å². The maximum absolute atomic E-state index is 5.94. The summed E-state index contributed by atoms with van der Waals surface area (Å²) in [7, 11) is 0. The van der Waals surface area contributed by atoms with Crippen LogP contribution in [0.25, 0.3) is 0 Å². The fourth-order valence-corrected chi connectivity index (χ4v) is 3.38. The van der Waals surface area contributed by atoms with Gasteiger partial charge >= 0.3 is 0 Å². The van der Waals surface area contributed by atoms with Crippen LogP contribution in [0, 0.1) is 6.92 Å². The van der Waals surface area contributed by atoms with E-state index in [1.165, 1.54) is 29.5 Å². The Balaban J connectivity index is 1.86. The molecule has 0 amide bonds. The fourth-order valence-electron chi connectivity index (χ4n) is 2.51. The van der Waals surface area contributed by atoms with Gasteiger partial charge in [-0.1, -0.05) is 19.1 Å². The number of hydrogen-bond donors (Lipinski definition) is 1. The Morgan fingerprint density at radius 1 is 1.33 bits per heavy atom. The normalized spacial score (nSPS) is 15.9. The first-order chi connectivity index (χ1) is 10.3. The van der Waals surface area contributed by atoms with Gasteiger partial charge in [0.15, 0.2) is 0 Å². The molecule has 1 fully saturated rings. The molecule has 3 heteroatoms. The Morgan fingerprint density at radius 2 is 2.19 bits per heavy atom. The average Bonchev–Trinajstić information content (AvgIpc) is 3.20. The standard InChI is InChI=1S/C18H23NOS/c1-3-9-19-18(17-12-21-11-13(17)2)14-5-4-6-16(10-14)20-15-7-8-15/h4-6,10-12,15,18-19H,3,7-9H2,1-2H3. The molecule has 21 heavy (non-hydrogen) atoms. The van der Waals surface area contributed by atoms with Crippen molar-refractivity contribution in [1.29, 1.82) is 0 Å². The number of ether oxygens (including phenoxy) is 1. The minimum absolute atomic E-state index is 0.263. The van der Waals surface area contributed by atoms with Crippen LogP contribution in [0.5, 0.6) is 5.75 Å². The van der Waals surface area contributed by atoms with Gasteiger partial charge in [0.05, 0.1) is 12.1 Å². The van der Waals surface area contributed by atoms with E-state index >= 15 is 0 Å². The summed E-state index contributed by atoms with van der Waals surface area (Å²) in [5.74, 6) is 1.01. The van der Waals surface area contributed by atoms with Gasteiger partial charge in [-0.15, -0.1) is 0 Å². The molecule has 0 bridgehead atoms. The van der Waals surface area contributed by atoms with Crippen LogP contribution in [0.1, 0.15) is 48.9 Å². The van der Waals surface area contributed by atoms with Crippen molar-refractivity contribution in [2.24, 2.45) is 0 Å². The van der Waals surface area contributed by atoms with Gasteiger partial charge in [-0.2, -0.15) is 11.3 Å². The van der Waals surface area contributed by atoms with Crippen LogP contribution in [-0.4, -0.2) is 12.6 Å². The van der Waals surface area contributed by atoms with E-state index in [-0.39, 0.29) is 6.04 Å². The summed E-state index contributed by atoms with van der Waals surface area (Å²) in [6.07, 6.45) is 3.99. The van der Waals surface area contributed by atoms with Crippen molar-refractivity contribution in [1.82, 2.24) is 5.32 Å². The minimum atomic E-state index is 0.263. The van der Waals surface area contributed by atoms with Crippen molar-refractivity contribution in [2.75, 3.05) is 6.54 Å². The molecule has 1 unspecified atom stereocenters. The predicted molar refractivity (Wildman–Crippen MR) is 89.3 cm³/mol. The van der Waals surface area contributed by atoms with Gasteiger partial charge in [0, 0.05) is 0 Å². The van der Waals surface area contributed by atoms with Crippen LogP contribution >= 0.6 is 11.3 Å². The Hall–Kier alpha value is -1.32. The summed E-state index contributed by atoms with van der Waals surface area (Å²) >= 11 is 1.78. The van der Waals surface area contributed by atoms with Crippen LogP contribution in [0.15, 0.2) is 35.0 Å². The first kappa shape index (κ1) is 14.6. The highest BCUT2D eigenvalue weighted by Gasteiger charge is 2.24. The molecule has 2 nitrogen and oxygen atoms in total. The number of nitrogens with one attached hydrogen (secondary N) is 1. The van der Waals surface area contributed by atoms with Gasteiger partial charge in [-0.3, -0.25) is 0 Å². The largest absolute Gasteiger partial charge is 0.490 e. The Bertz CT molecular complexity index is 588. The molecule has 1 heterocycles. The molecule has 0 aliphatic heterocycles. The molecular weight excluding hydrogens is 278 g/mol. The molecule has 1 aliphatic rings. The van der Waals surface area contributed by atoms with Gasteiger partial charge in [0.2, 0.25) is 0 Å². The lowest BCUT2D eigenvalue weighted by Gasteiger charge is -2.20.